The fourth-order valence-corrected chi connectivity index (χ4v) is 5.65. The topological polar surface area (TPSA) is 49.4 Å². The van der Waals surface area contributed by atoms with E-state index in [0.29, 0.717) is 22.8 Å². The zero-order chi connectivity index (χ0) is 26.0. The van der Waals surface area contributed by atoms with Crippen LogP contribution in [0.15, 0.2) is 78.9 Å². The molecule has 37 heavy (non-hydrogen) atoms. The van der Waals surface area contributed by atoms with E-state index < -0.39 is 6.04 Å². The highest BCUT2D eigenvalue weighted by atomic mass is 35.5. The van der Waals surface area contributed by atoms with E-state index in [2.05, 4.69) is 5.32 Å². The first-order valence-electron chi connectivity index (χ1n) is 12.7. The molecule has 0 unspecified atom stereocenters. The average Bonchev–Trinajstić information content (AvgIpc) is 3.42. The Hall–Kier alpha value is -2.83. The zero-order valence-corrected chi connectivity index (χ0v) is 22.3. The number of carbonyl (C=O) groups is 2. The van der Waals surface area contributed by atoms with Crippen LogP contribution in [0.2, 0.25) is 5.02 Å². The minimum absolute atomic E-state index is 0.0304. The largest absolute Gasteiger partial charge is 0.352 e. The van der Waals surface area contributed by atoms with Crippen molar-refractivity contribution in [3.05, 3.63) is 106 Å². The molecule has 1 atom stereocenters. The summed E-state index contributed by atoms with van der Waals surface area (Å²) in [5, 5.41) is 3.84. The summed E-state index contributed by atoms with van der Waals surface area (Å²) in [6.45, 7) is 0.0304. The van der Waals surface area contributed by atoms with Crippen LogP contribution in [-0.4, -0.2) is 34.6 Å². The van der Waals surface area contributed by atoms with Crippen molar-refractivity contribution < 1.29 is 14.0 Å². The van der Waals surface area contributed by atoms with Crippen LogP contribution >= 0.6 is 23.4 Å². The summed E-state index contributed by atoms with van der Waals surface area (Å²) in [7, 11) is 0. The molecular formula is C30H32ClFN2O2S. The van der Waals surface area contributed by atoms with Gasteiger partial charge in [0.2, 0.25) is 11.8 Å². The normalized spacial score (nSPS) is 14.3. The maximum atomic E-state index is 14.7. The van der Waals surface area contributed by atoms with Crippen molar-refractivity contribution >= 4 is 35.2 Å². The maximum Gasteiger partial charge on any atom is 0.243 e. The Bertz CT molecular complexity index is 1170. The van der Waals surface area contributed by atoms with E-state index in [1.807, 2.05) is 54.6 Å². The van der Waals surface area contributed by atoms with Crippen molar-refractivity contribution in [1.82, 2.24) is 10.2 Å². The Morgan fingerprint density at radius 2 is 1.62 bits per heavy atom. The molecule has 3 aromatic carbocycles. The SMILES string of the molecule is O=C(NC1CCCC1)[C@H](Cc1ccccc1)N(Cc1ccccc1F)C(=O)CSCc1ccc(Cl)cc1. The van der Waals surface area contributed by atoms with Gasteiger partial charge in [0.05, 0.1) is 5.75 Å². The van der Waals surface area contributed by atoms with Gasteiger partial charge in [0, 0.05) is 35.3 Å². The molecule has 0 heterocycles. The van der Waals surface area contributed by atoms with E-state index in [0.717, 1.165) is 36.8 Å². The van der Waals surface area contributed by atoms with Gasteiger partial charge in [-0.05, 0) is 42.2 Å². The summed E-state index contributed by atoms with van der Waals surface area (Å²) >= 11 is 7.46. The first-order chi connectivity index (χ1) is 18.0. The van der Waals surface area contributed by atoms with Crippen LogP contribution in [0.25, 0.3) is 0 Å². The van der Waals surface area contributed by atoms with Crippen LogP contribution in [0.3, 0.4) is 0 Å². The zero-order valence-electron chi connectivity index (χ0n) is 20.7. The van der Waals surface area contributed by atoms with E-state index in [4.69, 9.17) is 11.6 Å². The fraction of sp³-hybridized carbons (Fsp3) is 0.333. The third-order valence-electron chi connectivity index (χ3n) is 6.68. The molecule has 7 heteroatoms. The highest BCUT2D eigenvalue weighted by molar-refractivity contribution is 7.99. The lowest BCUT2D eigenvalue weighted by molar-refractivity contribution is -0.139. The molecule has 1 N–H and O–H groups in total. The first-order valence-corrected chi connectivity index (χ1v) is 14.2. The number of thioether (sulfide) groups is 1. The van der Waals surface area contributed by atoms with Crippen LogP contribution in [0.1, 0.15) is 42.4 Å². The van der Waals surface area contributed by atoms with E-state index in [1.54, 1.807) is 23.1 Å². The average molecular weight is 539 g/mol. The van der Waals surface area contributed by atoms with Crippen molar-refractivity contribution in [1.29, 1.82) is 0 Å². The lowest BCUT2D eigenvalue weighted by Crippen LogP contribution is -2.52. The molecule has 3 aromatic rings. The number of hydrogen-bond acceptors (Lipinski definition) is 3. The lowest BCUT2D eigenvalue weighted by Gasteiger charge is -2.32. The molecule has 0 saturated heterocycles. The Morgan fingerprint density at radius 3 is 2.32 bits per heavy atom. The third-order valence-corrected chi connectivity index (χ3v) is 7.92. The molecule has 0 aliphatic heterocycles. The Morgan fingerprint density at radius 1 is 0.946 bits per heavy atom. The van der Waals surface area contributed by atoms with Gasteiger partial charge in [0.15, 0.2) is 0 Å². The molecule has 0 bridgehead atoms. The van der Waals surface area contributed by atoms with Crippen LogP contribution in [0.4, 0.5) is 4.39 Å². The molecule has 1 aliphatic rings. The standard InChI is InChI=1S/C30H32ClFN2O2S/c31-25-16-14-23(15-17-25)20-37-21-29(35)34(19-24-10-4-7-13-27(24)32)28(18-22-8-2-1-3-9-22)30(36)33-26-11-5-6-12-26/h1-4,7-10,13-17,26,28H,5-6,11-12,18-21H2,(H,33,36)/t28-/m0/s1. The van der Waals surface area contributed by atoms with Crippen LogP contribution in [0, 0.1) is 5.82 Å². The van der Waals surface area contributed by atoms with Gasteiger partial charge in [0.25, 0.3) is 0 Å². The van der Waals surface area contributed by atoms with Gasteiger partial charge in [-0.15, -0.1) is 11.8 Å². The van der Waals surface area contributed by atoms with E-state index >= 15 is 0 Å². The molecule has 1 saturated carbocycles. The second-order valence-corrected chi connectivity index (χ2v) is 10.8. The van der Waals surface area contributed by atoms with Crippen molar-refractivity contribution in [2.45, 2.75) is 56.5 Å². The Labute approximate surface area is 227 Å². The maximum absolute atomic E-state index is 14.7. The van der Waals surface area contributed by atoms with Gasteiger partial charge < -0.3 is 10.2 Å². The molecule has 4 nitrogen and oxygen atoms in total. The van der Waals surface area contributed by atoms with Crippen LogP contribution in [0.5, 0.6) is 0 Å². The summed E-state index contributed by atoms with van der Waals surface area (Å²) in [4.78, 5) is 28.9. The molecule has 194 valence electrons. The second kappa shape index (κ2) is 13.6. The van der Waals surface area contributed by atoms with Gasteiger partial charge in [-0.3, -0.25) is 9.59 Å². The monoisotopic (exact) mass is 538 g/mol. The second-order valence-electron chi connectivity index (χ2n) is 9.43. The van der Waals surface area contributed by atoms with Gasteiger partial charge in [-0.1, -0.05) is 85.1 Å². The van der Waals surface area contributed by atoms with Crippen molar-refractivity contribution in [2.24, 2.45) is 0 Å². The van der Waals surface area contributed by atoms with Crippen LogP contribution in [-0.2, 0) is 28.3 Å². The quantitative estimate of drug-likeness (QED) is 0.307. The number of hydrogen-bond donors (Lipinski definition) is 1. The highest BCUT2D eigenvalue weighted by Gasteiger charge is 2.32. The number of halogens is 2. The predicted octanol–water partition coefficient (Wildman–Crippen LogP) is 6.41. The molecule has 0 spiro atoms. The first kappa shape index (κ1) is 27.2. The fourth-order valence-electron chi connectivity index (χ4n) is 4.65. The van der Waals surface area contributed by atoms with E-state index in [9.17, 15) is 14.0 Å². The third kappa shape index (κ3) is 8.08. The summed E-state index contributed by atoms with van der Waals surface area (Å²) in [5.41, 5.74) is 2.40. The molecule has 1 aliphatic carbocycles. The summed E-state index contributed by atoms with van der Waals surface area (Å²) < 4.78 is 14.7. The van der Waals surface area contributed by atoms with Crippen molar-refractivity contribution in [2.75, 3.05) is 5.75 Å². The Kier molecular flexibility index (Phi) is 10.0. The van der Waals surface area contributed by atoms with E-state index in [1.165, 1.54) is 17.8 Å². The lowest BCUT2D eigenvalue weighted by atomic mass is 10.0. The number of amides is 2. The van der Waals surface area contributed by atoms with E-state index in [-0.39, 0.29) is 36.0 Å². The molecule has 4 rings (SSSR count). The number of rotatable bonds is 11. The van der Waals surface area contributed by atoms with Gasteiger partial charge in [0.1, 0.15) is 11.9 Å². The Balaban J connectivity index is 1.56. The smallest absolute Gasteiger partial charge is 0.243 e. The minimum Gasteiger partial charge on any atom is -0.352 e. The minimum atomic E-state index is -0.744. The van der Waals surface area contributed by atoms with Gasteiger partial charge in [-0.2, -0.15) is 0 Å². The van der Waals surface area contributed by atoms with Crippen LogP contribution < -0.4 is 5.32 Å². The number of nitrogens with one attached hydrogen (secondary N) is 1. The summed E-state index contributed by atoms with van der Waals surface area (Å²) in [5.74, 6) is 0.0595. The molecule has 1 fully saturated rings. The number of nitrogens with zero attached hydrogens (tertiary/aromatic N) is 1. The summed E-state index contributed by atoms with van der Waals surface area (Å²) in [6.07, 6.45) is 4.44. The summed E-state index contributed by atoms with van der Waals surface area (Å²) in [6, 6.07) is 23.0. The van der Waals surface area contributed by atoms with Gasteiger partial charge in [-0.25, -0.2) is 4.39 Å². The molecule has 0 radical (unpaired) electrons. The predicted molar refractivity (Wildman–Crippen MR) is 149 cm³/mol. The van der Waals surface area contributed by atoms with Crippen molar-refractivity contribution in [3.63, 3.8) is 0 Å². The molecule has 0 aromatic heterocycles. The number of carbonyl (C=O) groups excluding carboxylic acids is 2. The highest BCUT2D eigenvalue weighted by Crippen LogP contribution is 2.22. The molecular weight excluding hydrogens is 507 g/mol. The van der Waals surface area contributed by atoms with Crippen molar-refractivity contribution in [3.8, 4) is 0 Å². The van der Waals surface area contributed by atoms with Gasteiger partial charge >= 0.3 is 0 Å². The molecule has 2 amide bonds. The number of benzene rings is 3.